The van der Waals surface area contributed by atoms with Crippen LogP contribution in [0.15, 0.2) is 24.4 Å². The summed E-state index contributed by atoms with van der Waals surface area (Å²) in [5.41, 5.74) is 2.22. The largest absolute Gasteiger partial charge is 0.495 e. The van der Waals surface area contributed by atoms with Crippen molar-refractivity contribution in [1.82, 2.24) is 9.29 Å². The summed E-state index contributed by atoms with van der Waals surface area (Å²) in [6, 6.07) is 5.87. The second-order valence-corrected chi connectivity index (χ2v) is 10.3. The van der Waals surface area contributed by atoms with Crippen LogP contribution in [0, 0.1) is 10.2 Å². The van der Waals surface area contributed by atoms with Gasteiger partial charge in [-0.05, 0) is 36.8 Å². The number of hydrogen-bond donors (Lipinski definition) is 1. The van der Waals surface area contributed by atoms with Crippen molar-refractivity contribution in [3.63, 3.8) is 0 Å². The predicted molar refractivity (Wildman–Crippen MR) is 110 cm³/mol. The molecule has 1 N–H and O–H groups in total. The van der Waals surface area contributed by atoms with Gasteiger partial charge in [0.25, 0.3) is 0 Å². The summed E-state index contributed by atoms with van der Waals surface area (Å²) in [7, 11) is -0.990. The van der Waals surface area contributed by atoms with Crippen LogP contribution in [0.3, 0.4) is 0 Å². The Morgan fingerprint density at radius 1 is 1.26 bits per heavy atom. The molecule has 0 radical (unpaired) electrons. The van der Waals surface area contributed by atoms with Crippen molar-refractivity contribution in [3.8, 4) is 5.75 Å². The molecule has 0 saturated carbocycles. The zero-order valence-electron chi connectivity index (χ0n) is 15.7. The number of aromatic nitrogens is 1. The van der Waals surface area contributed by atoms with Crippen LogP contribution in [0.4, 0.5) is 5.69 Å². The third kappa shape index (κ3) is 3.48. The molecule has 2 saturated heterocycles. The van der Waals surface area contributed by atoms with Crippen molar-refractivity contribution in [3.05, 3.63) is 29.4 Å². The van der Waals surface area contributed by atoms with Gasteiger partial charge in [-0.3, -0.25) is 4.98 Å². The minimum Gasteiger partial charge on any atom is -0.495 e. The predicted octanol–water partition coefficient (Wildman–Crippen LogP) is 3.78. The van der Waals surface area contributed by atoms with Gasteiger partial charge in [0.1, 0.15) is 15.7 Å². The highest BCUT2D eigenvalue weighted by atomic mass is 35.5. The molecule has 27 heavy (non-hydrogen) atoms. The minimum absolute atomic E-state index is 0.194. The van der Waals surface area contributed by atoms with Crippen molar-refractivity contribution in [2.24, 2.45) is 5.41 Å². The zero-order chi connectivity index (χ0) is 19.2. The fraction of sp³-hybridized carbons (Fsp3) is 0.526. The summed E-state index contributed by atoms with van der Waals surface area (Å²) in [6.45, 7) is 3.44. The Morgan fingerprint density at radius 3 is 2.59 bits per heavy atom. The SMILES string of the molecule is COc1cc2nccc(N3CCC4(CC3)CCN([S@@](C)(=N)=O)C4)c2cc1Cl. The topological polar surface area (TPSA) is 69.5 Å². The second-order valence-electron chi connectivity index (χ2n) is 7.74. The first kappa shape index (κ1) is 18.8. The molecular weight excluding hydrogens is 384 g/mol. The van der Waals surface area contributed by atoms with E-state index in [9.17, 15) is 4.21 Å². The first-order chi connectivity index (χ1) is 12.8. The molecule has 2 aliphatic rings. The van der Waals surface area contributed by atoms with E-state index in [0.717, 1.165) is 62.0 Å². The lowest BCUT2D eigenvalue weighted by Gasteiger charge is -2.40. The fourth-order valence-electron chi connectivity index (χ4n) is 4.39. The number of benzene rings is 1. The first-order valence-corrected chi connectivity index (χ1v) is 11.5. The lowest BCUT2D eigenvalue weighted by molar-refractivity contribution is 0.236. The van der Waals surface area contributed by atoms with Crippen LogP contribution in [-0.2, 0) is 9.92 Å². The van der Waals surface area contributed by atoms with Crippen LogP contribution in [0.2, 0.25) is 5.02 Å². The van der Waals surface area contributed by atoms with Crippen molar-refractivity contribution in [1.29, 1.82) is 4.78 Å². The Hall–Kier alpha value is -1.57. The second kappa shape index (κ2) is 6.79. The number of ether oxygens (including phenoxy) is 1. The van der Waals surface area contributed by atoms with E-state index < -0.39 is 9.92 Å². The van der Waals surface area contributed by atoms with Gasteiger partial charge >= 0.3 is 0 Å². The molecule has 2 aromatic rings. The molecule has 6 nitrogen and oxygen atoms in total. The van der Waals surface area contributed by atoms with E-state index in [-0.39, 0.29) is 5.41 Å². The van der Waals surface area contributed by atoms with Gasteiger partial charge in [-0.25, -0.2) is 13.3 Å². The van der Waals surface area contributed by atoms with Crippen LogP contribution in [-0.4, -0.2) is 53.0 Å². The van der Waals surface area contributed by atoms with E-state index in [4.69, 9.17) is 21.1 Å². The Balaban J connectivity index is 1.56. The molecule has 2 aliphatic heterocycles. The third-order valence-electron chi connectivity index (χ3n) is 6.05. The maximum Gasteiger partial charge on any atom is 0.139 e. The molecule has 1 atom stereocenters. The molecular formula is C19H25ClN4O2S. The van der Waals surface area contributed by atoms with Crippen molar-refractivity contribution in [2.45, 2.75) is 19.3 Å². The third-order valence-corrected chi connectivity index (χ3v) is 7.65. The normalized spacial score (nSPS) is 22.3. The van der Waals surface area contributed by atoms with Gasteiger partial charge in [0, 0.05) is 55.8 Å². The van der Waals surface area contributed by atoms with Crippen molar-refractivity contribution >= 4 is 38.1 Å². The number of anilines is 1. The Kier molecular flexibility index (Phi) is 4.72. The van der Waals surface area contributed by atoms with Crippen molar-refractivity contribution < 1.29 is 8.95 Å². The molecule has 0 aliphatic carbocycles. The summed E-state index contributed by atoms with van der Waals surface area (Å²) in [6.07, 6.45) is 6.49. The van der Waals surface area contributed by atoms with Crippen LogP contribution >= 0.6 is 11.6 Å². The zero-order valence-corrected chi connectivity index (χ0v) is 17.3. The van der Waals surface area contributed by atoms with Gasteiger partial charge in [-0.2, -0.15) is 0 Å². The molecule has 1 aromatic carbocycles. The summed E-state index contributed by atoms with van der Waals surface area (Å²) in [5.74, 6) is 0.635. The highest BCUT2D eigenvalue weighted by molar-refractivity contribution is 7.89. The smallest absolute Gasteiger partial charge is 0.139 e. The Labute approximate surface area is 165 Å². The summed E-state index contributed by atoms with van der Waals surface area (Å²) in [4.78, 5) is 6.86. The molecule has 0 unspecified atom stereocenters. The number of hydrogen-bond acceptors (Lipinski definition) is 5. The number of pyridine rings is 1. The Morgan fingerprint density at radius 2 is 1.96 bits per heavy atom. The van der Waals surface area contributed by atoms with E-state index >= 15 is 0 Å². The number of methoxy groups -OCH3 is 1. The number of fused-ring (bicyclic) bond motifs is 1. The standard InChI is InChI=1S/C19H25ClN4O2S/c1-26-18-12-16-14(11-15(18)20)17(3-7-22-16)23-8-4-19(5-9-23)6-10-24(13-19)27(2,21)25/h3,7,11-12,21H,4-6,8-10,13H2,1-2H3/t27-/m1/s1. The summed E-state index contributed by atoms with van der Waals surface area (Å²) < 4.78 is 27.1. The Bertz CT molecular complexity index is 971. The molecule has 146 valence electrons. The minimum atomic E-state index is -2.60. The van der Waals surface area contributed by atoms with Crippen LogP contribution in [0.25, 0.3) is 10.9 Å². The lowest BCUT2D eigenvalue weighted by Crippen LogP contribution is -2.42. The fourth-order valence-corrected chi connectivity index (χ4v) is 5.59. The van der Waals surface area contributed by atoms with E-state index in [1.807, 2.05) is 28.7 Å². The van der Waals surface area contributed by atoms with Gasteiger partial charge in [-0.15, -0.1) is 0 Å². The van der Waals surface area contributed by atoms with Crippen molar-refractivity contribution in [2.75, 3.05) is 44.4 Å². The van der Waals surface area contributed by atoms with Crippen LogP contribution < -0.4 is 9.64 Å². The maximum absolute atomic E-state index is 12.1. The lowest BCUT2D eigenvalue weighted by atomic mass is 9.77. The average Bonchev–Trinajstić information content (AvgIpc) is 3.06. The molecule has 2 fully saturated rings. The molecule has 1 aromatic heterocycles. The first-order valence-electron chi connectivity index (χ1n) is 9.17. The van der Waals surface area contributed by atoms with Gasteiger partial charge < -0.3 is 9.64 Å². The molecule has 1 spiro atoms. The number of nitrogens with one attached hydrogen (secondary N) is 1. The molecule has 8 heteroatoms. The number of nitrogens with zero attached hydrogens (tertiary/aromatic N) is 3. The number of halogens is 1. The van der Waals surface area contributed by atoms with Gasteiger partial charge in [0.05, 0.1) is 17.6 Å². The quantitative estimate of drug-likeness (QED) is 0.838. The van der Waals surface area contributed by atoms with E-state index in [2.05, 4.69) is 9.88 Å². The van der Waals surface area contributed by atoms with E-state index in [0.29, 0.717) is 10.8 Å². The summed E-state index contributed by atoms with van der Waals surface area (Å²) in [5, 5.41) is 1.63. The highest BCUT2D eigenvalue weighted by Crippen LogP contribution is 2.43. The highest BCUT2D eigenvalue weighted by Gasteiger charge is 2.42. The van der Waals surface area contributed by atoms with E-state index in [1.165, 1.54) is 6.26 Å². The molecule has 0 amide bonds. The van der Waals surface area contributed by atoms with E-state index in [1.54, 1.807) is 7.11 Å². The maximum atomic E-state index is 12.1. The van der Waals surface area contributed by atoms with Gasteiger partial charge in [-0.1, -0.05) is 11.6 Å². The van der Waals surface area contributed by atoms with Gasteiger partial charge in [0.2, 0.25) is 0 Å². The molecule has 4 rings (SSSR count). The number of piperidine rings is 1. The number of rotatable bonds is 3. The monoisotopic (exact) mass is 408 g/mol. The van der Waals surface area contributed by atoms with Gasteiger partial charge in [0.15, 0.2) is 0 Å². The summed E-state index contributed by atoms with van der Waals surface area (Å²) >= 11 is 6.35. The molecule has 3 heterocycles. The van der Waals surface area contributed by atoms with Crippen LogP contribution in [0.1, 0.15) is 19.3 Å². The average molecular weight is 409 g/mol. The van der Waals surface area contributed by atoms with Crippen LogP contribution in [0.5, 0.6) is 5.75 Å². The molecule has 0 bridgehead atoms.